The van der Waals surface area contributed by atoms with Gasteiger partial charge in [0.25, 0.3) is 0 Å². The van der Waals surface area contributed by atoms with Gasteiger partial charge in [-0.05, 0) is 36.8 Å². The second-order valence-electron chi connectivity index (χ2n) is 6.79. The van der Waals surface area contributed by atoms with Crippen LogP contribution in [0, 0.1) is 0 Å². The average Bonchev–Trinajstić information content (AvgIpc) is 2.95. The van der Waals surface area contributed by atoms with Crippen molar-refractivity contribution in [2.75, 3.05) is 11.1 Å². The van der Waals surface area contributed by atoms with E-state index >= 15 is 0 Å². The van der Waals surface area contributed by atoms with Crippen LogP contribution in [0.2, 0.25) is 0 Å². The molecule has 0 spiro atoms. The second-order valence-corrected chi connectivity index (χ2v) is 8.52. The van der Waals surface area contributed by atoms with Crippen LogP contribution >= 0.6 is 0 Å². The van der Waals surface area contributed by atoms with E-state index in [9.17, 15) is 8.42 Å². The van der Waals surface area contributed by atoms with E-state index in [0.29, 0.717) is 0 Å². The first-order valence-electron chi connectivity index (χ1n) is 8.90. The molecule has 0 atom stereocenters. The zero-order valence-electron chi connectivity index (χ0n) is 14.8. The van der Waals surface area contributed by atoms with Crippen LogP contribution in [0.1, 0.15) is 24.0 Å². The first-order valence-corrected chi connectivity index (χ1v) is 10.8. The van der Waals surface area contributed by atoms with Gasteiger partial charge in [-0.25, -0.2) is 17.9 Å². The molecule has 1 aromatic heterocycles. The summed E-state index contributed by atoms with van der Waals surface area (Å²) in [5, 5.41) is 0. The average molecular weight is 366 g/mol. The van der Waals surface area contributed by atoms with E-state index in [2.05, 4.69) is 4.83 Å². The monoisotopic (exact) mass is 366 g/mol. The molecule has 1 aliphatic carbocycles. The van der Waals surface area contributed by atoms with E-state index in [1.54, 1.807) is 4.68 Å². The van der Waals surface area contributed by atoms with Gasteiger partial charge in [-0.2, -0.15) is 0 Å². The minimum atomic E-state index is -3.42. The molecule has 0 bridgehead atoms. The summed E-state index contributed by atoms with van der Waals surface area (Å²) < 4.78 is 26.1. The standard InChI is InChI=1S/C21H22N2O2S/c1-26(24,25)22-23-20(16-10-4-2-5-11-16)18-14-8-9-15-19(18)21(23)17-12-6-3-7-13-17/h2-7,10-13,22H,8-9,14-15H2,1H3. The van der Waals surface area contributed by atoms with E-state index in [1.807, 2.05) is 60.7 Å². The van der Waals surface area contributed by atoms with Crippen LogP contribution in [0.4, 0.5) is 0 Å². The van der Waals surface area contributed by atoms with Gasteiger partial charge < -0.3 is 0 Å². The van der Waals surface area contributed by atoms with Crippen LogP contribution < -0.4 is 4.83 Å². The number of benzene rings is 2. The molecule has 0 amide bonds. The minimum absolute atomic E-state index is 0.963. The van der Waals surface area contributed by atoms with Crippen LogP contribution in [0.25, 0.3) is 22.5 Å². The number of fused-ring (bicyclic) bond motifs is 1. The van der Waals surface area contributed by atoms with Crippen molar-refractivity contribution in [3.8, 4) is 22.5 Å². The van der Waals surface area contributed by atoms with E-state index in [4.69, 9.17) is 0 Å². The largest absolute Gasteiger partial charge is 0.245 e. The SMILES string of the molecule is CS(=O)(=O)Nn1c(-c2ccccc2)c2c(c1-c1ccccc1)CCCC2. The van der Waals surface area contributed by atoms with Crippen molar-refractivity contribution < 1.29 is 8.42 Å². The molecule has 1 N–H and O–H groups in total. The quantitative estimate of drug-likeness (QED) is 0.752. The maximum Gasteiger partial charge on any atom is 0.243 e. The molecular formula is C21H22N2O2S. The maximum atomic E-state index is 12.1. The lowest BCUT2D eigenvalue weighted by atomic mass is 9.89. The lowest BCUT2D eigenvalue weighted by Gasteiger charge is -2.15. The lowest BCUT2D eigenvalue weighted by Crippen LogP contribution is -2.23. The van der Waals surface area contributed by atoms with Gasteiger partial charge in [-0.15, -0.1) is 0 Å². The Labute approximate surface area is 154 Å². The number of rotatable bonds is 4. The van der Waals surface area contributed by atoms with Gasteiger partial charge in [-0.3, -0.25) is 0 Å². The molecule has 134 valence electrons. The van der Waals surface area contributed by atoms with Crippen molar-refractivity contribution in [1.29, 1.82) is 0 Å². The van der Waals surface area contributed by atoms with Gasteiger partial charge in [0.2, 0.25) is 10.0 Å². The summed E-state index contributed by atoms with van der Waals surface area (Å²) in [5.74, 6) is 0. The molecule has 0 saturated heterocycles. The van der Waals surface area contributed by atoms with Crippen LogP contribution in [0.3, 0.4) is 0 Å². The third kappa shape index (κ3) is 3.15. The maximum absolute atomic E-state index is 12.1. The zero-order valence-corrected chi connectivity index (χ0v) is 15.6. The van der Waals surface area contributed by atoms with Gasteiger partial charge in [0, 0.05) is 11.1 Å². The Hall–Kier alpha value is -2.53. The molecule has 0 fully saturated rings. The molecule has 0 radical (unpaired) electrons. The predicted molar refractivity (Wildman–Crippen MR) is 106 cm³/mol. The molecule has 1 aliphatic rings. The van der Waals surface area contributed by atoms with Crippen molar-refractivity contribution in [3.05, 3.63) is 71.8 Å². The topological polar surface area (TPSA) is 51.1 Å². The highest BCUT2D eigenvalue weighted by Crippen LogP contribution is 2.40. The summed E-state index contributed by atoms with van der Waals surface area (Å²) in [6.07, 6.45) is 5.40. The normalized spacial score (nSPS) is 14.0. The number of hydrogen-bond acceptors (Lipinski definition) is 2. The number of hydrogen-bond donors (Lipinski definition) is 1. The highest BCUT2D eigenvalue weighted by atomic mass is 32.2. The molecule has 3 aromatic rings. The fourth-order valence-electron chi connectivity index (χ4n) is 3.87. The van der Waals surface area contributed by atoms with Crippen molar-refractivity contribution in [3.63, 3.8) is 0 Å². The first-order chi connectivity index (χ1) is 12.5. The van der Waals surface area contributed by atoms with Crippen molar-refractivity contribution in [1.82, 2.24) is 4.68 Å². The lowest BCUT2D eigenvalue weighted by molar-refractivity contribution is 0.601. The summed E-state index contributed by atoms with van der Waals surface area (Å²) in [7, 11) is -3.42. The predicted octanol–water partition coefficient (Wildman–Crippen LogP) is 4.20. The Bertz CT molecular complexity index is 956. The van der Waals surface area contributed by atoms with Crippen molar-refractivity contribution in [2.45, 2.75) is 25.7 Å². The molecule has 1 heterocycles. The van der Waals surface area contributed by atoms with Gasteiger partial charge in [0.05, 0.1) is 17.6 Å². The van der Waals surface area contributed by atoms with Gasteiger partial charge in [0.15, 0.2) is 0 Å². The van der Waals surface area contributed by atoms with E-state index in [1.165, 1.54) is 17.4 Å². The Morgan fingerprint density at radius 2 is 1.19 bits per heavy atom. The Balaban J connectivity index is 2.06. The number of aromatic nitrogens is 1. The number of sulfonamides is 1. The molecule has 4 rings (SSSR count). The highest BCUT2D eigenvalue weighted by Gasteiger charge is 2.27. The molecule has 0 saturated carbocycles. The fraction of sp³-hybridized carbons (Fsp3) is 0.238. The molecular weight excluding hydrogens is 344 g/mol. The molecule has 0 aliphatic heterocycles. The highest BCUT2D eigenvalue weighted by molar-refractivity contribution is 7.91. The summed E-state index contributed by atoms with van der Waals surface area (Å²) in [5.41, 5.74) is 6.51. The van der Waals surface area contributed by atoms with Crippen LogP contribution in [0.15, 0.2) is 60.7 Å². The van der Waals surface area contributed by atoms with Crippen LogP contribution in [-0.2, 0) is 22.9 Å². The molecule has 26 heavy (non-hydrogen) atoms. The molecule has 0 unspecified atom stereocenters. The van der Waals surface area contributed by atoms with Gasteiger partial charge in [0.1, 0.15) is 0 Å². The molecule has 4 nitrogen and oxygen atoms in total. The Kier molecular flexibility index (Phi) is 4.32. The smallest absolute Gasteiger partial charge is 0.243 e. The van der Waals surface area contributed by atoms with Gasteiger partial charge >= 0.3 is 0 Å². The fourth-order valence-corrected chi connectivity index (χ4v) is 4.38. The molecule has 5 heteroatoms. The second kappa shape index (κ2) is 6.65. The summed E-state index contributed by atoms with van der Waals surface area (Å²) in [6, 6.07) is 20.1. The van der Waals surface area contributed by atoms with Crippen molar-refractivity contribution >= 4 is 10.0 Å². The van der Waals surface area contributed by atoms with E-state index in [-0.39, 0.29) is 0 Å². The number of nitrogens with one attached hydrogen (secondary N) is 1. The van der Waals surface area contributed by atoms with E-state index < -0.39 is 10.0 Å². The van der Waals surface area contributed by atoms with Gasteiger partial charge in [-0.1, -0.05) is 60.7 Å². The Morgan fingerprint density at radius 1 is 0.769 bits per heavy atom. The Morgan fingerprint density at radius 3 is 1.58 bits per heavy atom. The number of nitrogens with zero attached hydrogens (tertiary/aromatic N) is 1. The third-order valence-electron chi connectivity index (χ3n) is 4.84. The zero-order chi connectivity index (χ0) is 18.1. The van der Waals surface area contributed by atoms with E-state index in [0.717, 1.165) is 48.2 Å². The van der Waals surface area contributed by atoms with Crippen molar-refractivity contribution in [2.24, 2.45) is 0 Å². The summed E-state index contributed by atoms with van der Waals surface area (Å²) in [6.45, 7) is 0. The first kappa shape index (κ1) is 16.9. The van der Waals surface area contributed by atoms with Crippen LogP contribution in [-0.4, -0.2) is 19.3 Å². The summed E-state index contributed by atoms with van der Waals surface area (Å²) >= 11 is 0. The minimum Gasteiger partial charge on any atom is -0.245 e. The summed E-state index contributed by atoms with van der Waals surface area (Å²) in [4.78, 5) is 2.76. The third-order valence-corrected chi connectivity index (χ3v) is 5.35. The van der Waals surface area contributed by atoms with Crippen LogP contribution in [0.5, 0.6) is 0 Å². The molecule has 2 aromatic carbocycles.